The number of halogens is 4. The summed E-state index contributed by atoms with van der Waals surface area (Å²) in [7, 11) is 0. The van der Waals surface area contributed by atoms with Crippen LogP contribution in [-0.2, 0) is 0 Å². The van der Waals surface area contributed by atoms with Crippen molar-refractivity contribution in [2.45, 2.75) is 32.5 Å². The molecule has 0 aliphatic carbocycles. The number of benzene rings is 1. The fourth-order valence-corrected chi connectivity index (χ4v) is 2.06. The maximum Gasteiger partial charge on any atom is 0.401 e. The first-order chi connectivity index (χ1) is 9.20. The first-order valence-electron chi connectivity index (χ1n) is 6.29. The van der Waals surface area contributed by atoms with Gasteiger partial charge in [0.15, 0.2) is 5.78 Å². The lowest BCUT2D eigenvalue weighted by Gasteiger charge is -2.27. The Kier molecular flexibility index (Phi) is 6.02. The minimum absolute atomic E-state index is 0.0119. The fourth-order valence-electron chi connectivity index (χ4n) is 1.82. The van der Waals surface area contributed by atoms with E-state index in [2.05, 4.69) is 0 Å². The molecule has 0 spiro atoms. The molecule has 1 aromatic carbocycles. The molecule has 1 rings (SSSR count). The maximum atomic E-state index is 12.4. The van der Waals surface area contributed by atoms with Crippen molar-refractivity contribution in [1.82, 2.24) is 4.90 Å². The highest BCUT2D eigenvalue weighted by Gasteiger charge is 2.31. The lowest BCUT2D eigenvalue weighted by Crippen LogP contribution is -2.40. The zero-order valence-corrected chi connectivity index (χ0v) is 12.1. The highest BCUT2D eigenvalue weighted by Crippen LogP contribution is 2.20. The number of alkyl halides is 3. The summed E-state index contributed by atoms with van der Waals surface area (Å²) < 4.78 is 37.3. The van der Waals surface area contributed by atoms with E-state index in [1.165, 1.54) is 4.90 Å². The Labute approximate surface area is 121 Å². The van der Waals surface area contributed by atoms with Crippen molar-refractivity contribution in [3.05, 3.63) is 34.9 Å². The Morgan fingerprint density at radius 1 is 1.30 bits per heavy atom. The molecule has 0 bridgehead atoms. The molecule has 0 aromatic heterocycles. The lowest BCUT2D eigenvalue weighted by atomic mass is 10.1. The molecule has 0 amide bonds. The number of nitrogens with zero attached hydrogens (tertiary/aromatic N) is 1. The summed E-state index contributed by atoms with van der Waals surface area (Å²) in [5.41, 5.74) is 0.352. The minimum Gasteiger partial charge on any atom is -0.294 e. The van der Waals surface area contributed by atoms with E-state index in [9.17, 15) is 18.0 Å². The van der Waals surface area contributed by atoms with E-state index in [4.69, 9.17) is 11.6 Å². The molecule has 2 nitrogen and oxygen atoms in total. The van der Waals surface area contributed by atoms with Crippen LogP contribution in [0.25, 0.3) is 0 Å². The van der Waals surface area contributed by atoms with Crippen molar-refractivity contribution in [3.63, 3.8) is 0 Å². The highest BCUT2D eigenvalue weighted by molar-refractivity contribution is 6.33. The van der Waals surface area contributed by atoms with Crippen LogP contribution in [-0.4, -0.2) is 36.0 Å². The van der Waals surface area contributed by atoms with Crippen LogP contribution in [0.4, 0.5) is 13.2 Å². The molecular weight excluding hydrogens is 291 g/mol. The number of rotatable bonds is 6. The second kappa shape index (κ2) is 7.09. The van der Waals surface area contributed by atoms with Crippen molar-refractivity contribution in [2.75, 3.05) is 13.1 Å². The van der Waals surface area contributed by atoms with Crippen LogP contribution in [0.3, 0.4) is 0 Å². The third-order valence-corrected chi connectivity index (χ3v) is 3.24. The summed E-state index contributed by atoms with van der Waals surface area (Å²) in [5.74, 6) is -0.247. The predicted octanol–water partition coefficient (Wildman–Crippen LogP) is 4.19. The third kappa shape index (κ3) is 5.51. The first kappa shape index (κ1) is 17.0. The van der Waals surface area contributed by atoms with Crippen LogP contribution in [0, 0.1) is 0 Å². The van der Waals surface area contributed by atoms with Gasteiger partial charge in [0.25, 0.3) is 0 Å². The van der Waals surface area contributed by atoms with Crippen molar-refractivity contribution in [1.29, 1.82) is 0 Å². The van der Waals surface area contributed by atoms with E-state index in [1.807, 2.05) is 0 Å². The van der Waals surface area contributed by atoms with E-state index in [0.29, 0.717) is 10.6 Å². The van der Waals surface area contributed by atoms with Gasteiger partial charge in [-0.3, -0.25) is 9.69 Å². The normalized spacial score (nSPS) is 12.2. The van der Waals surface area contributed by atoms with E-state index in [1.54, 1.807) is 38.1 Å². The van der Waals surface area contributed by atoms with E-state index < -0.39 is 12.7 Å². The number of hydrogen-bond donors (Lipinski definition) is 0. The van der Waals surface area contributed by atoms with Gasteiger partial charge in [-0.05, 0) is 26.0 Å². The van der Waals surface area contributed by atoms with Crippen LogP contribution in [0.1, 0.15) is 30.6 Å². The van der Waals surface area contributed by atoms with E-state index >= 15 is 0 Å². The quantitative estimate of drug-likeness (QED) is 0.735. The topological polar surface area (TPSA) is 20.3 Å². The Bertz CT molecular complexity index is 460. The van der Waals surface area contributed by atoms with Gasteiger partial charge in [-0.15, -0.1) is 0 Å². The van der Waals surface area contributed by atoms with Crippen LogP contribution in [0.15, 0.2) is 24.3 Å². The fraction of sp³-hybridized carbons (Fsp3) is 0.500. The van der Waals surface area contributed by atoms with Gasteiger partial charge in [-0.1, -0.05) is 23.7 Å². The Morgan fingerprint density at radius 2 is 1.90 bits per heavy atom. The number of carbonyl (C=O) groups is 1. The standard InChI is InChI=1S/C14H17ClF3NO/c1-10(2)19(9-14(16,17)18)8-7-13(20)11-5-3-4-6-12(11)15/h3-6,10H,7-9H2,1-2H3. The van der Waals surface area contributed by atoms with E-state index in [0.717, 1.165) is 0 Å². The number of ketones is 1. The maximum absolute atomic E-state index is 12.4. The largest absolute Gasteiger partial charge is 0.401 e. The summed E-state index contributed by atoms with van der Waals surface area (Å²) in [4.78, 5) is 13.2. The number of Topliss-reactive ketones (excluding diaryl/α,β-unsaturated/α-hetero) is 1. The number of hydrogen-bond acceptors (Lipinski definition) is 2. The monoisotopic (exact) mass is 307 g/mol. The Hall–Kier alpha value is -1.07. The smallest absolute Gasteiger partial charge is 0.294 e. The van der Waals surface area contributed by atoms with Gasteiger partial charge >= 0.3 is 6.18 Å². The predicted molar refractivity (Wildman–Crippen MR) is 73.2 cm³/mol. The van der Waals surface area contributed by atoms with Gasteiger partial charge in [0, 0.05) is 24.6 Å². The molecule has 6 heteroatoms. The first-order valence-corrected chi connectivity index (χ1v) is 6.67. The van der Waals surface area contributed by atoms with E-state index in [-0.39, 0.29) is 24.8 Å². The molecule has 0 aliphatic heterocycles. The van der Waals surface area contributed by atoms with Crippen LogP contribution >= 0.6 is 11.6 Å². The van der Waals surface area contributed by atoms with Gasteiger partial charge in [0.2, 0.25) is 0 Å². The summed E-state index contributed by atoms with van der Waals surface area (Å²) >= 11 is 5.89. The zero-order valence-electron chi connectivity index (χ0n) is 11.4. The van der Waals surface area contributed by atoms with Gasteiger partial charge in [-0.2, -0.15) is 13.2 Å². The molecule has 20 heavy (non-hydrogen) atoms. The van der Waals surface area contributed by atoms with Gasteiger partial charge < -0.3 is 0 Å². The van der Waals surface area contributed by atoms with Gasteiger partial charge in [0.05, 0.1) is 11.6 Å². The highest BCUT2D eigenvalue weighted by atomic mass is 35.5. The molecule has 1 aromatic rings. The van der Waals surface area contributed by atoms with Crippen molar-refractivity contribution in [2.24, 2.45) is 0 Å². The van der Waals surface area contributed by atoms with Crippen LogP contribution in [0.2, 0.25) is 5.02 Å². The summed E-state index contributed by atoms with van der Waals surface area (Å²) in [6, 6.07) is 6.26. The molecule has 0 fully saturated rings. The molecule has 0 saturated heterocycles. The minimum atomic E-state index is -4.27. The molecule has 0 unspecified atom stereocenters. The SMILES string of the molecule is CC(C)N(CCC(=O)c1ccccc1Cl)CC(F)(F)F. The molecular formula is C14H17ClF3NO. The van der Waals surface area contributed by atoms with Crippen LogP contribution in [0.5, 0.6) is 0 Å². The van der Waals surface area contributed by atoms with Crippen molar-refractivity contribution < 1.29 is 18.0 Å². The summed E-state index contributed by atoms with van der Waals surface area (Å²) in [6.07, 6.45) is -4.25. The molecule has 0 saturated carbocycles. The molecule has 0 N–H and O–H groups in total. The van der Waals surface area contributed by atoms with Crippen molar-refractivity contribution in [3.8, 4) is 0 Å². The second-order valence-electron chi connectivity index (χ2n) is 4.83. The molecule has 0 atom stereocenters. The Morgan fingerprint density at radius 3 is 2.40 bits per heavy atom. The van der Waals surface area contributed by atoms with Gasteiger partial charge in [-0.25, -0.2) is 0 Å². The molecule has 112 valence electrons. The zero-order chi connectivity index (χ0) is 15.3. The summed E-state index contributed by atoms with van der Waals surface area (Å²) in [6.45, 7) is 2.39. The average molecular weight is 308 g/mol. The second-order valence-corrected chi connectivity index (χ2v) is 5.24. The lowest BCUT2D eigenvalue weighted by molar-refractivity contribution is -0.149. The van der Waals surface area contributed by atoms with Gasteiger partial charge in [0.1, 0.15) is 0 Å². The molecule has 0 heterocycles. The average Bonchev–Trinajstić information content (AvgIpc) is 2.33. The summed E-state index contributed by atoms with van der Waals surface area (Å²) in [5, 5.41) is 0.324. The molecule has 0 radical (unpaired) electrons. The third-order valence-electron chi connectivity index (χ3n) is 2.91. The number of carbonyl (C=O) groups excluding carboxylic acids is 1. The van der Waals surface area contributed by atoms with Crippen molar-refractivity contribution >= 4 is 17.4 Å². The Balaban J connectivity index is 2.64. The molecule has 0 aliphatic rings. The van der Waals surface area contributed by atoms with Crippen LogP contribution < -0.4 is 0 Å².